The Balaban J connectivity index is 2.01. The van der Waals surface area contributed by atoms with Crippen LogP contribution in [0.2, 0.25) is 0 Å². The summed E-state index contributed by atoms with van der Waals surface area (Å²) in [6.45, 7) is 6.20. The number of Topliss-reactive ketones (excluding diaryl/α,β-unsaturated/α-hetero) is 1. The highest BCUT2D eigenvalue weighted by Gasteiger charge is 2.25. The van der Waals surface area contributed by atoms with Crippen molar-refractivity contribution in [3.05, 3.63) is 29.8 Å². The Kier molecular flexibility index (Phi) is 4.05. The van der Waals surface area contributed by atoms with E-state index in [1.807, 2.05) is 24.3 Å². The second kappa shape index (κ2) is 5.55. The Morgan fingerprint density at radius 1 is 1.22 bits per heavy atom. The van der Waals surface area contributed by atoms with Gasteiger partial charge in [-0.2, -0.15) is 0 Å². The third-order valence-corrected chi connectivity index (χ3v) is 4.09. The molecule has 1 aliphatic rings. The molecule has 0 heterocycles. The summed E-state index contributed by atoms with van der Waals surface area (Å²) >= 11 is 0. The third kappa shape index (κ3) is 3.12. The monoisotopic (exact) mass is 246 g/mol. The van der Waals surface area contributed by atoms with E-state index >= 15 is 0 Å². The van der Waals surface area contributed by atoms with Crippen LogP contribution in [0.5, 0.6) is 5.75 Å². The average molecular weight is 246 g/mol. The lowest BCUT2D eigenvalue weighted by molar-refractivity contribution is 0.0985. The third-order valence-electron chi connectivity index (χ3n) is 4.09. The van der Waals surface area contributed by atoms with Crippen molar-refractivity contribution in [1.82, 2.24) is 0 Å². The lowest BCUT2D eigenvalue weighted by Crippen LogP contribution is -2.28. The summed E-state index contributed by atoms with van der Waals surface area (Å²) in [5, 5.41) is 0. The summed E-state index contributed by atoms with van der Waals surface area (Å²) in [7, 11) is 0. The van der Waals surface area contributed by atoms with Crippen LogP contribution in [0.4, 0.5) is 0 Å². The molecule has 1 aromatic rings. The lowest BCUT2D eigenvalue weighted by atomic mass is 9.80. The normalized spacial score (nSPS) is 27.8. The van der Waals surface area contributed by atoms with Gasteiger partial charge in [-0.1, -0.05) is 26.0 Å². The van der Waals surface area contributed by atoms with E-state index in [9.17, 15) is 4.79 Å². The molecule has 0 saturated heterocycles. The van der Waals surface area contributed by atoms with Crippen molar-refractivity contribution < 1.29 is 9.53 Å². The second-order valence-corrected chi connectivity index (χ2v) is 5.59. The molecule has 2 heteroatoms. The van der Waals surface area contributed by atoms with E-state index in [2.05, 4.69) is 13.8 Å². The Morgan fingerprint density at radius 3 is 2.67 bits per heavy atom. The molecular formula is C16H22O2. The number of hydrogen-bond acceptors (Lipinski definition) is 2. The van der Waals surface area contributed by atoms with E-state index in [1.165, 1.54) is 6.42 Å². The van der Waals surface area contributed by atoms with Gasteiger partial charge < -0.3 is 4.74 Å². The van der Waals surface area contributed by atoms with Crippen molar-refractivity contribution in [1.29, 1.82) is 0 Å². The lowest BCUT2D eigenvalue weighted by Gasteiger charge is -2.32. The molecule has 1 aliphatic carbocycles. The maximum atomic E-state index is 11.3. The fourth-order valence-corrected chi connectivity index (χ4v) is 2.59. The van der Waals surface area contributed by atoms with Gasteiger partial charge in [-0.25, -0.2) is 0 Å². The molecule has 0 aromatic heterocycles. The molecule has 3 atom stereocenters. The molecule has 2 nitrogen and oxygen atoms in total. The minimum Gasteiger partial charge on any atom is -0.490 e. The Labute approximate surface area is 109 Å². The summed E-state index contributed by atoms with van der Waals surface area (Å²) in [4.78, 5) is 11.3. The van der Waals surface area contributed by atoms with E-state index in [0.717, 1.165) is 36.0 Å². The van der Waals surface area contributed by atoms with Gasteiger partial charge in [-0.05, 0) is 50.2 Å². The number of ketones is 1. The van der Waals surface area contributed by atoms with Crippen LogP contribution in [0.25, 0.3) is 0 Å². The van der Waals surface area contributed by atoms with Crippen molar-refractivity contribution in [3.8, 4) is 5.75 Å². The standard InChI is InChI=1S/C16H22O2/c1-11-7-8-16(9-12(11)2)18-15-6-4-5-14(10-15)13(3)17/h4-6,10-12,16H,7-9H2,1-3H3. The van der Waals surface area contributed by atoms with E-state index < -0.39 is 0 Å². The number of rotatable bonds is 3. The number of carbonyl (C=O) groups is 1. The van der Waals surface area contributed by atoms with Crippen molar-refractivity contribution >= 4 is 5.78 Å². The van der Waals surface area contributed by atoms with E-state index in [-0.39, 0.29) is 5.78 Å². The molecule has 98 valence electrons. The highest BCUT2D eigenvalue weighted by molar-refractivity contribution is 5.94. The first kappa shape index (κ1) is 13.1. The first-order valence-electron chi connectivity index (χ1n) is 6.84. The first-order valence-corrected chi connectivity index (χ1v) is 6.84. The van der Waals surface area contributed by atoms with Gasteiger partial charge in [-0.15, -0.1) is 0 Å². The van der Waals surface area contributed by atoms with Gasteiger partial charge in [0.05, 0.1) is 6.10 Å². The molecule has 0 radical (unpaired) electrons. The van der Waals surface area contributed by atoms with Gasteiger partial charge in [0.15, 0.2) is 5.78 Å². The molecule has 0 spiro atoms. The van der Waals surface area contributed by atoms with E-state index in [0.29, 0.717) is 6.10 Å². The minimum atomic E-state index is 0.0890. The second-order valence-electron chi connectivity index (χ2n) is 5.59. The molecule has 1 fully saturated rings. The van der Waals surface area contributed by atoms with Crippen LogP contribution in [0.3, 0.4) is 0 Å². The molecule has 0 amide bonds. The maximum Gasteiger partial charge on any atom is 0.159 e. The average Bonchev–Trinajstić information content (AvgIpc) is 2.34. The van der Waals surface area contributed by atoms with Crippen LogP contribution in [0, 0.1) is 11.8 Å². The smallest absolute Gasteiger partial charge is 0.159 e. The Morgan fingerprint density at radius 2 is 2.00 bits per heavy atom. The summed E-state index contributed by atoms with van der Waals surface area (Å²) in [6.07, 6.45) is 3.78. The topological polar surface area (TPSA) is 26.3 Å². The van der Waals surface area contributed by atoms with E-state index in [1.54, 1.807) is 6.92 Å². The number of hydrogen-bond donors (Lipinski definition) is 0. The Hall–Kier alpha value is -1.31. The quantitative estimate of drug-likeness (QED) is 0.751. The molecule has 0 bridgehead atoms. The fourth-order valence-electron chi connectivity index (χ4n) is 2.59. The molecule has 2 rings (SSSR count). The highest BCUT2D eigenvalue weighted by atomic mass is 16.5. The number of carbonyl (C=O) groups excluding carboxylic acids is 1. The van der Waals surface area contributed by atoms with Gasteiger partial charge in [0, 0.05) is 5.56 Å². The first-order chi connectivity index (χ1) is 8.56. The predicted molar refractivity (Wildman–Crippen MR) is 73.0 cm³/mol. The molecule has 3 unspecified atom stereocenters. The van der Waals surface area contributed by atoms with Crippen LogP contribution >= 0.6 is 0 Å². The van der Waals surface area contributed by atoms with Gasteiger partial charge in [0.2, 0.25) is 0 Å². The number of benzene rings is 1. The van der Waals surface area contributed by atoms with Crippen LogP contribution in [0.15, 0.2) is 24.3 Å². The summed E-state index contributed by atoms with van der Waals surface area (Å²) < 4.78 is 6.01. The molecule has 0 N–H and O–H groups in total. The minimum absolute atomic E-state index is 0.0890. The van der Waals surface area contributed by atoms with Gasteiger partial charge >= 0.3 is 0 Å². The highest BCUT2D eigenvalue weighted by Crippen LogP contribution is 2.31. The van der Waals surface area contributed by atoms with Crippen molar-refractivity contribution in [3.63, 3.8) is 0 Å². The van der Waals surface area contributed by atoms with Gasteiger partial charge in [0.1, 0.15) is 5.75 Å². The number of ether oxygens (including phenoxy) is 1. The zero-order chi connectivity index (χ0) is 13.1. The largest absolute Gasteiger partial charge is 0.490 e. The summed E-state index contributed by atoms with van der Waals surface area (Å²) in [5.74, 6) is 2.44. The zero-order valence-electron chi connectivity index (χ0n) is 11.5. The van der Waals surface area contributed by atoms with Crippen molar-refractivity contribution in [2.75, 3.05) is 0 Å². The SMILES string of the molecule is CC(=O)c1cccc(OC2CCC(C)C(C)C2)c1. The van der Waals surface area contributed by atoms with Gasteiger partial charge in [0.25, 0.3) is 0 Å². The van der Waals surface area contributed by atoms with Gasteiger partial charge in [-0.3, -0.25) is 4.79 Å². The molecule has 1 aromatic carbocycles. The van der Waals surface area contributed by atoms with Crippen LogP contribution in [-0.4, -0.2) is 11.9 Å². The molecular weight excluding hydrogens is 224 g/mol. The van der Waals surface area contributed by atoms with Crippen molar-refractivity contribution in [2.24, 2.45) is 11.8 Å². The fraction of sp³-hybridized carbons (Fsp3) is 0.562. The van der Waals surface area contributed by atoms with Crippen LogP contribution in [-0.2, 0) is 0 Å². The van der Waals surface area contributed by atoms with Crippen LogP contribution < -0.4 is 4.74 Å². The summed E-state index contributed by atoms with van der Waals surface area (Å²) in [6, 6.07) is 7.52. The van der Waals surface area contributed by atoms with E-state index in [4.69, 9.17) is 4.74 Å². The predicted octanol–water partition coefficient (Wildman–Crippen LogP) is 4.09. The Bertz CT molecular complexity index is 425. The summed E-state index contributed by atoms with van der Waals surface area (Å²) in [5.41, 5.74) is 0.727. The van der Waals surface area contributed by atoms with Crippen LogP contribution in [0.1, 0.15) is 50.4 Å². The maximum absolute atomic E-state index is 11.3. The molecule has 0 aliphatic heterocycles. The van der Waals surface area contributed by atoms with Crippen molar-refractivity contribution in [2.45, 2.75) is 46.1 Å². The molecule has 1 saturated carbocycles. The molecule has 18 heavy (non-hydrogen) atoms. The zero-order valence-corrected chi connectivity index (χ0v) is 11.5.